The Kier molecular flexibility index (Phi) is 4.99. The summed E-state index contributed by atoms with van der Waals surface area (Å²) < 4.78 is 51.3. The zero-order valence-electron chi connectivity index (χ0n) is 11.9. The molecule has 1 unspecified atom stereocenters. The van der Waals surface area contributed by atoms with Gasteiger partial charge in [0.05, 0.1) is 17.2 Å². The molecule has 7 heteroatoms. The average Bonchev–Trinajstić information content (AvgIpc) is 2.33. The minimum Gasteiger partial charge on any atom is -0.391 e. The molecule has 1 aromatic rings. The van der Waals surface area contributed by atoms with Crippen molar-refractivity contribution in [3.8, 4) is 0 Å². The lowest BCUT2D eigenvalue weighted by molar-refractivity contribution is -0.138. The summed E-state index contributed by atoms with van der Waals surface area (Å²) in [4.78, 5) is 11.8. The highest BCUT2D eigenvalue weighted by Crippen LogP contribution is 2.32. The van der Waals surface area contributed by atoms with Gasteiger partial charge in [-0.05, 0) is 23.6 Å². The minimum absolute atomic E-state index is 0.197. The van der Waals surface area contributed by atoms with Crippen LogP contribution in [0, 0.1) is 11.2 Å². The van der Waals surface area contributed by atoms with E-state index < -0.39 is 40.5 Å². The lowest BCUT2D eigenvalue weighted by Crippen LogP contribution is -2.39. The van der Waals surface area contributed by atoms with Gasteiger partial charge in [-0.15, -0.1) is 0 Å². The highest BCUT2D eigenvalue weighted by Gasteiger charge is 2.36. The number of rotatable bonds is 3. The van der Waals surface area contributed by atoms with E-state index in [0.29, 0.717) is 0 Å². The quantitative estimate of drug-likeness (QED) is 0.844. The van der Waals surface area contributed by atoms with Gasteiger partial charge in [0.1, 0.15) is 5.82 Å². The second-order valence-corrected chi connectivity index (χ2v) is 5.78. The van der Waals surface area contributed by atoms with Gasteiger partial charge >= 0.3 is 6.18 Å². The van der Waals surface area contributed by atoms with E-state index in [1.54, 1.807) is 20.8 Å². The van der Waals surface area contributed by atoms with Crippen LogP contribution in [0.2, 0.25) is 0 Å². The van der Waals surface area contributed by atoms with Crippen molar-refractivity contribution >= 4 is 5.91 Å². The molecule has 0 aliphatic rings. The predicted octanol–water partition coefficient (Wildman–Crippen LogP) is 2.98. The van der Waals surface area contributed by atoms with Crippen LogP contribution in [0.4, 0.5) is 17.6 Å². The number of halogens is 4. The van der Waals surface area contributed by atoms with E-state index in [-0.39, 0.29) is 12.6 Å². The molecule has 1 atom stereocenters. The van der Waals surface area contributed by atoms with Gasteiger partial charge in [0.2, 0.25) is 0 Å². The average molecular weight is 307 g/mol. The summed E-state index contributed by atoms with van der Waals surface area (Å²) in [6, 6.07) is 1.83. The van der Waals surface area contributed by atoms with Crippen LogP contribution in [0.25, 0.3) is 0 Å². The molecule has 0 radical (unpaired) electrons. The predicted molar refractivity (Wildman–Crippen MR) is 69.2 cm³/mol. The molecular formula is C14H17F4NO2. The van der Waals surface area contributed by atoms with Crippen LogP contribution >= 0.6 is 0 Å². The number of benzene rings is 1. The standard InChI is InChI=1S/C14H17F4NO2/c1-13(2,3)11(20)7-19-12(21)9-5-4-8(15)6-10(9)14(16,17)18/h4-6,11,20H,7H2,1-3H3,(H,19,21). The monoisotopic (exact) mass is 307 g/mol. The highest BCUT2D eigenvalue weighted by atomic mass is 19.4. The smallest absolute Gasteiger partial charge is 0.391 e. The van der Waals surface area contributed by atoms with E-state index in [4.69, 9.17) is 0 Å². The molecule has 0 bridgehead atoms. The van der Waals surface area contributed by atoms with Gasteiger partial charge in [0.15, 0.2) is 0 Å². The molecule has 1 amide bonds. The fourth-order valence-electron chi connectivity index (χ4n) is 1.54. The van der Waals surface area contributed by atoms with E-state index in [9.17, 15) is 27.5 Å². The van der Waals surface area contributed by atoms with Crippen LogP contribution < -0.4 is 5.32 Å². The first-order valence-corrected chi connectivity index (χ1v) is 6.26. The van der Waals surface area contributed by atoms with Gasteiger partial charge in [-0.3, -0.25) is 4.79 Å². The van der Waals surface area contributed by atoms with Crippen molar-refractivity contribution in [1.29, 1.82) is 0 Å². The Balaban J connectivity index is 2.94. The number of aliphatic hydroxyl groups is 1. The molecule has 0 saturated carbocycles. The van der Waals surface area contributed by atoms with Crippen LogP contribution in [-0.4, -0.2) is 23.7 Å². The molecule has 118 valence electrons. The normalized spacial score (nSPS) is 13.9. The van der Waals surface area contributed by atoms with Crippen LogP contribution in [0.1, 0.15) is 36.7 Å². The number of hydrogen-bond donors (Lipinski definition) is 2. The Morgan fingerprint density at radius 3 is 2.33 bits per heavy atom. The number of aliphatic hydroxyl groups excluding tert-OH is 1. The maximum Gasteiger partial charge on any atom is 0.417 e. The SMILES string of the molecule is CC(C)(C)C(O)CNC(=O)c1ccc(F)cc1C(F)(F)F. The number of alkyl halides is 3. The Bertz CT molecular complexity index is 521. The van der Waals surface area contributed by atoms with Crippen molar-refractivity contribution in [2.75, 3.05) is 6.54 Å². The van der Waals surface area contributed by atoms with Crippen molar-refractivity contribution in [2.45, 2.75) is 33.1 Å². The van der Waals surface area contributed by atoms with E-state index >= 15 is 0 Å². The van der Waals surface area contributed by atoms with Crippen LogP contribution in [-0.2, 0) is 6.18 Å². The minimum atomic E-state index is -4.84. The lowest BCUT2D eigenvalue weighted by Gasteiger charge is -2.26. The van der Waals surface area contributed by atoms with Crippen molar-refractivity contribution in [2.24, 2.45) is 5.41 Å². The van der Waals surface area contributed by atoms with Crippen LogP contribution in [0.3, 0.4) is 0 Å². The molecule has 0 aliphatic heterocycles. The summed E-state index contributed by atoms with van der Waals surface area (Å²) in [6.45, 7) is 4.98. The first-order chi connectivity index (χ1) is 9.43. The van der Waals surface area contributed by atoms with Gasteiger partial charge < -0.3 is 10.4 Å². The van der Waals surface area contributed by atoms with Gasteiger partial charge in [0.25, 0.3) is 5.91 Å². The van der Waals surface area contributed by atoms with E-state index in [1.165, 1.54) is 0 Å². The van der Waals surface area contributed by atoms with Crippen molar-refractivity contribution in [3.63, 3.8) is 0 Å². The van der Waals surface area contributed by atoms with Gasteiger partial charge in [-0.1, -0.05) is 20.8 Å². The third-order valence-electron chi connectivity index (χ3n) is 2.99. The summed E-state index contributed by atoms with van der Waals surface area (Å²) in [7, 11) is 0. The van der Waals surface area contributed by atoms with Gasteiger partial charge in [-0.2, -0.15) is 13.2 Å². The zero-order valence-corrected chi connectivity index (χ0v) is 11.9. The third-order valence-corrected chi connectivity index (χ3v) is 2.99. The summed E-state index contributed by atoms with van der Waals surface area (Å²) in [5.41, 5.74) is -2.54. The molecule has 1 aromatic carbocycles. The number of amides is 1. The Morgan fingerprint density at radius 2 is 1.86 bits per heavy atom. The number of carbonyl (C=O) groups excluding carboxylic acids is 1. The molecule has 0 saturated heterocycles. The fraction of sp³-hybridized carbons (Fsp3) is 0.500. The third kappa shape index (κ3) is 4.70. The molecule has 0 fully saturated rings. The molecule has 0 spiro atoms. The second kappa shape index (κ2) is 6.01. The van der Waals surface area contributed by atoms with Gasteiger partial charge in [0, 0.05) is 6.54 Å². The summed E-state index contributed by atoms with van der Waals surface area (Å²) in [6.07, 6.45) is -5.76. The molecule has 0 heterocycles. The summed E-state index contributed by atoms with van der Waals surface area (Å²) >= 11 is 0. The number of hydrogen-bond acceptors (Lipinski definition) is 2. The molecule has 2 N–H and O–H groups in total. The first kappa shape index (κ1) is 17.4. The second-order valence-electron chi connectivity index (χ2n) is 5.78. The Morgan fingerprint density at radius 1 is 1.29 bits per heavy atom. The highest BCUT2D eigenvalue weighted by molar-refractivity contribution is 5.95. The van der Waals surface area contributed by atoms with E-state index in [2.05, 4.69) is 5.32 Å². The molecular weight excluding hydrogens is 290 g/mol. The summed E-state index contributed by atoms with van der Waals surface area (Å²) in [5, 5.41) is 12.0. The van der Waals surface area contributed by atoms with Gasteiger partial charge in [-0.25, -0.2) is 4.39 Å². The van der Waals surface area contributed by atoms with E-state index in [1.807, 2.05) is 0 Å². The molecule has 0 aromatic heterocycles. The molecule has 0 aliphatic carbocycles. The summed E-state index contributed by atoms with van der Waals surface area (Å²) in [5.74, 6) is -2.08. The molecule has 1 rings (SSSR count). The lowest BCUT2D eigenvalue weighted by atomic mass is 9.89. The largest absolute Gasteiger partial charge is 0.417 e. The fourth-order valence-corrected chi connectivity index (χ4v) is 1.54. The number of carbonyl (C=O) groups is 1. The van der Waals surface area contributed by atoms with Crippen molar-refractivity contribution in [1.82, 2.24) is 5.32 Å². The topological polar surface area (TPSA) is 49.3 Å². The van der Waals surface area contributed by atoms with Crippen LogP contribution in [0.15, 0.2) is 18.2 Å². The zero-order chi connectivity index (χ0) is 16.4. The van der Waals surface area contributed by atoms with Crippen molar-refractivity contribution in [3.05, 3.63) is 35.1 Å². The van der Waals surface area contributed by atoms with Crippen molar-refractivity contribution < 1.29 is 27.5 Å². The van der Waals surface area contributed by atoms with E-state index in [0.717, 1.165) is 12.1 Å². The van der Waals surface area contributed by atoms with Crippen LogP contribution in [0.5, 0.6) is 0 Å². The maximum atomic E-state index is 12.9. The molecule has 21 heavy (non-hydrogen) atoms. The first-order valence-electron chi connectivity index (χ1n) is 6.26. The number of nitrogens with one attached hydrogen (secondary N) is 1. The maximum absolute atomic E-state index is 12.9. The Labute approximate surface area is 120 Å². The Hall–Kier alpha value is -1.63. The molecule has 3 nitrogen and oxygen atoms in total.